The van der Waals surface area contributed by atoms with E-state index < -0.39 is 24.0 Å². The van der Waals surface area contributed by atoms with Gasteiger partial charge in [-0.3, -0.25) is 4.79 Å². The number of hydrogen-bond donors (Lipinski definition) is 3. The van der Waals surface area contributed by atoms with Gasteiger partial charge in [0.15, 0.2) is 17.6 Å². The van der Waals surface area contributed by atoms with Crippen molar-refractivity contribution in [2.24, 2.45) is 0 Å². The van der Waals surface area contributed by atoms with E-state index in [1.165, 1.54) is 10.7 Å². The molecule has 1 amide bonds. The van der Waals surface area contributed by atoms with Crippen LogP contribution in [0.1, 0.15) is 22.5 Å². The minimum Gasteiger partial charge on any atom is -0.479 e. The number of halogens is 1. The van der Waals surface area contributed by atoms with Crippen LogP contribution in [0.25, 0.3) is 16.9 Å². The lowest BCUT2D eigenvalue weighted by Gasteiger charge is -2.20. The van der Waals surface area contributed by atoms with E-state index in [1.54, 1.807) is 36.5 Å². The van der Waals surface area contributed by atoms with Crippen molar-refractivity contribution in [1.29, 1.82) is 0 Å². The molecule has 0 fully saturated rings. The lowest BCUT2D eigenvalue weighted by atomic mass is 9.97. The molecule has 0 saturated carbocycles. The zero-order valence-electron chi connectivity index (χ0n) is 20.9. The third kappa shape index (κ3) is 7.31. The van der Waals surface area contributed by atoms with Gasteiger partial charge in [-0.05, 0) is 47.4 Å². The summed E-state index contributed by atoms with van der Waals surface area (Å²) in [7, 11) is 0. The molecular formula is C29H27ClN4O5. The first-order chi connectivity index (χ1) is 18.8. The van der Waals surface area contributed by atoms with Crippen LogP contribution in [0.15, 0.2) is 91.6 Å². The van der Waals surface area contributed by atoms with Crippen LogP contribution in [0, 0.1) is 0 Å². The van der Waals surface area contributed by atoms with Gasteiger partial charge < -0.3 is 20.3 Å². The molecule has 4 aromatic rings. The first-order valence-electron chi connectivity index (χ1n) is 12.2. The number of aliphatic carboxylic acids is 1. The molecule has 39 heavy (non-hydrogen) atoms. The topological polar surface area (TPSA) is 127 Å². The van der Waals surface area contributed by atoms with Crippen LogP contribution in [-0.4, -0.2) is 55.6 Å². The Hall–Kier alpha value is -4.47. The normalized spacial score (nSPS) is 12.4. The van der Waals surface area contributed by atoms with E-state index >= 15 is 0 Å². The molecule has 0 saturated heterocycles. The number of aliphatic hydroxyl groups is 1. The first-order valence-corrected chi connectivity index (χ1v) is 12.5. The smallest absolute Gasteiger partial charge is 0.332 e. The van der Waals surface area contributed by atoms with Crippen LogP contribution in [0.4, 0.5) is 0 Å². The number of pyridine rings is 1. The van der Waals surface area contributed by atoms with Crippen LogP contribution < -0.4 is 10.1 Å². The van der Waals surface area contributed by atoms with Crippen molar-refractivity contribution in [3.05, 3.63) is 108 Å². The molecular weight excluding hydrogens is 520 g/mol. The van der Waals surface area contributed by atoms with Crippen molar-refractivity contribution in [2.75, 3.05) is 6.61 Å². The molecule has 0 bridgehead atoms. The number of carbonyl (C=O) groups excluding carboxylic acids is 1. The third-order valence-electron chi connectivity index (χ3n) is 5.85. The van der Waals surface area contributed by atoms with Gasteiger partial charge in [-0.1, -0.05) is 66.7 Å². The molecule has 200 valence electrons. The van der Waals surface area contributed by atoms with Crippen molar-refractivity contribution in [2.45, 2.75) is 25.0 Å². The number of benzene rings is 2. The van der Waals surface area contributed by atoms with Gasteiger partial charge in [0, 0.05) is 29.7 Å². The van der Waals surface area contributed by atoms with Crippen LogP contribution in [-0.2, 0) is 11.2 Å². The maximum absolute atomic E-state index is 13.2. The molecule has 2 aromatic carbocycles. The highest BCUT2D eigenvalue weighted by atomic mass is 35.5. The number of rotatable bonds is 12. The van der Waals surface area contributed by atoms with Crippen molar-refractivity contribution in [1.82, 2.24) is 20.1 Å². The van der Waals surface area contributed by atoms with Crippen LogP contribution in [0.3, 0.4) is 0 Å². The lowest BCUT2D eigenvalue weighted by molar-refractivity contribution is -0.147. The molecule has 2 aromatic heterocycles. The standard InChI is InChI=1S/C29H27ClN4O5/c1-2-14-39-27-18-24(33-34(27)26-8-3-4-13-31-26)28(36)32-23(17-25(35)29(37)38)15-19-9-11-20(12-10-19)21-6-5-7-22(30)16-21/h2-13,16,18,23,25,35H,1,14-15,17H2,(H,32,36)(H,37,38)/t23-,25-/m1/s1. The minimum atomic E-state index is -1.65. The van der Waals surface area contributed by atoms with Crippen LogP contribution in [0.5, 0.6) is 5.88 Å². The molecule has 0 spiro atoms. The van der Waals surface area contributed by atoms with Gasteiger partial charge >= 0.3 is 5.97 Å². The van der Waals surface area contributed by atoms with Crippen molar-refractivity contribution in [3.8, 4) is 22.8 Å². The van der Waals surface area contributed by atoms with E-state index in [0.717, 1.165) is 16.7 Å². The molecule has 2 heterocycles. The summed E-state index contributed by atoms with van der Waals surface area (Å²) in [6.07, 6.45) is 1.59. The number of ether oxygens (including phenoxy) is 1. The Bertz CT molecular complexity index is 1440. The van der Waals surface area contributed by atoms with Crippen molar-refractivity contribution < 1.29 is 24.5 Å². The van der Waals surface area contributed by atoms with Gasteiger partial charge in [0.2, 0.25) is 5.88 Å². The van der Waals surface area contributed by atoms with Gasteiger partial charge in [-0.15, -0.1) is 0 Å². The summed E-state index contributed by atoms with van der Waals surface area (Å²) >= 11 is 6.10. The molecule has 9 nitrogen and oxygen atoms in total. The lowest BCUT2D eigenvalue weighted by Crippen LogP contribution is -2.40. The Morgan fingerprint density at radius 2 is 1.87 bits per heavy atom. The number of nitrogens with zero attached hydrogens (tertiary/aromatic N) is 3. The fraction of sp³-hybridized carbons (Fsp3) is 0.172. The molecule has 0 unspecified atom stereocenters. The van der Waals surface area contributed by atoms with Gasteiger partial charge in [0.05, 0.1) is 0 Å². The zero-order chi connectivity index (χ0) is 27.8. The highest BCUT2D eigenvalue weighted by molar-refractivity contribution is 6.30. The SMILES string of the molecule is C=CCOc1cc(C(=O)N[C@H](Cc2ccc(-c3cccc(Cl)c3)cc2)C[C@@H](O)C(=O)O)nn1-c1ccccn1. The van der Waals surface area contributed by atoms with E-state index in [4.69, 9.17) is 16.3 Å². The summed E-state index contributed by atoms with van der Waals surface area (Å²) in [6.45, 7) is 3.83. The second-order valence-corrected chi connectivity index (χ2v) is 9.18. The summed E-state index contributed by atoms with van der Waals surface area (Å²) in [5, 5.41) is 27.1. The van der Waals surface area contributed by atoms with Crippen molar-refractivity contribution in [3.63, 3.8) is 0 Å². The first kappa shape index (κ1) is 27.6. The number of aromatic nitrogens is 3. The third-order valence-corrected chi connectivity index (χ3v) is 6.08. The molecule has 0 radical (unpaired) electrons. The molecule has 10 heteroatoms. The van der Waals surface area contributed by atoms with Crippen LogP contribution >= 0.6 is 11.6 Å². The number of carboxylic acids is 1. The summed E-state index contributed by atoms with van der Waals surface area (Å²) < 4.78 is 7.06. The number of nitrogens with one attached hydrogen (secondary N) is 1. The van der Waals surface area contributed by atoms with Crippen molar-refractivity contribution >= 4 is 23.5 Å². The summed E-state index contributed by atoms with van der Waals surface area (Å²) in [4.78, 5) is 28.8. The number of amides is 1. The van der Waals surface area contributed by atoms with E-state index in [9.17, 15) is 19.8 Å². The van der Waals surface area contributed by atoms with E-state index in [1.807, 2.05) is 42.5 Å². The maximum Gasteiger partial charge on any atom is 0.332 e. The number of carbonyl (C=O) groups is 2. The summed E-state index contributed by atoms with van der Waals surface area (Å²) in [6, 6.07) is 21.1. The minimum absolute atomic E-state index is 0.0471. The van der Waals surface area contributed by atoms with E-state index in [2.05, 4.69) is 22.0 Å². The second kappa shape index (κ2) is 12.9. The largest absolute Gasteiger partial charge is 0.479 e. The molecule has 0 aliphatic heterocycles. The Balaban J connectivity index is 1.54. The second-order valence-electron chi connectivity index (χ2n) is 8.74. The van der Waals surface area contributed by atoms with Crippen LogP contribution in [0.2, 0.25) is 5.02 Å². The zero-order valence-corrected chi connectivity index (χ0v) is 21.7. The molecule has 3 N–H and O–H groups in total. The Kier molecular flexibility index (Phi) is 9.09. The van der Waals surface area contributed by atoms with E-state index in [-0.39, 0.29) is 31.0 Å². The Morgan fingerprint density at radius 3 is 2.54 bits per heavy atom. The molecule has 0 aliphatic rings. The van der Waals surface area contributed by atoms with E-state index in [0.29, 0.717) is 10.8 Å². The highest BCUT2D eigenvalue weighted by Gasteiger charge is 2.24. The Labute approximate surface area is 230 Å². The highest BCUT2D eigenvalue weighted by Crippen LogP contribution is 2.24. The van der Waals surface area contributed by atoms with Gasteiger partial charge in [-0.2, -0.15) is 9.78 Å². The predicted octanol–water partition coefficient (Wildman–Crippen LogP) is 4.33. The fourth-order valence-corrected chi connectivity index (χ4v) is 4.16. The predicted molar refractivity (Wildman–Crippen MR) is 147 cm³/mol. The van der Waals surface area contributed by atoms with Gasteiger partial charge in [0.1, 0.15) is 6.61 Å². The monoisotopic (exact) mass is 546 g/mol. The van der Waals surface area contributed by atoms with Gasteiger partial charge in [0.25, 0.3) is 5.91 Å². The van der Waals surface area contributed by atoms with Gasteiger partial charge in [-0.25, -0.2) is 9.78 Å². The number of aliphatic hydroxyl groups excluding tert-OH is 1. The average molecular weight is 547 g/mol. The molecule has 0 aliphatic carbocycles. The summed E-state index contributed by atoms with van der Waals surface area (Å²) in [5.41, 5.74) is 2.81. The molecule has 2 atom stereocenters. The maximum atomic E-state index is 13.2. The summed E-state index contributed by atoms with van der Waals surface area (Å²) in [5.74, 6) is -1.18. The average Bonchev–Trinajstić information content (AvgIpc) is 3.37. The molecule has 4 rings (SSSR count). The fourth-order valence-electron chi connectivity index (χ4n) is 3.97. The Morgan fingerprint density at radius 1 is 1.08 bits per heavy atom. The number of hydrogen-bond acceptors (Lipinski definition) is 6. The quantitative estimate of drug-likeness (QED) is 0.226. The number of carboxylic acid groups (broad SMARTS) is 1.